The van der Waals surface area contributed by atoms with Crippen molar-refractivity contribution in [1.82, 2.24) is 0 Å². The van der Waals surface area contributed by atoms with Gasteiger partial charge in [-0.25, -0.2) is 0 Å². The third kappa shape index (κ3) is 3.61. The largest absolute Gasteiger partial charge is 0.497 e. The van der Waals surface area contributed by atoms with Crippen LogP contribution >= 0.6 is 0 Å². The normalized spacial score (nSPS) is 21.6. The van der Waals surface area contributed by atoms with Gasteiger partial charge in [-0.05, 0) is 31.2 Å². The lowest BCUT2D eigenvalue weighted by atomic mass is 10.0. The summed E-state index contributed by atoms with van der Waals surface area (Å²) >= 11 is 0. The average molecular weight is 410 g/mol. The van der Waals surface area contributed by atoms with E-state index in [0.29, 0.717) is 5.69 Å². The zero-order valence-electron chi connectivity index (χ0n) is 17.6. The Morgan fingerprint density at radius 1 is 1.20 bits per heavy atom. The molecule has 0 saturated carbocycles. The highest BCUT2D eigenvalue weighted by Crippen LogP contribution is 2.33. The van der Waals surface area contributed by atoms with Crippen LogP contribution in [0.5, 0.6) is 11.5 Å². The van der Waals surface area contributed by atoms with Crippen LogP contribution < -0.4 is 24.6 Å². The van der Waals surface area contributed by atoms with E-state index in [9.17, 15) is 9.59 Å². The number of methoxy groups -OCH3 is 2. The number of amides is 2. The monoisotopic (exact) mass is 410 g/mol. The highest BCUT2D eigenvalue weighted by Gasteiger charge is 2.41. The second-order valence-corrected chi connectivity index (χ2v) is 7.84. The molecular formula is C23H28N3O4+. The van der Waals surface area contributed by atoms with Crippen LogP contribution in [0.2, 0.25) is 0 Å². The molecule has 1 unspecified atom stereocenters. The molecule has 0 spiro atoms. The second kappa shape index (κ2) is 8.36. The van der Waals surface area contributed by atoms with Crippen molar-refractivity contribution < 1.29 is 24.0 Å². The Labute approximate surface area is 176 Å². The smallest absolute Gasteiger partial charge is 0.285 e. The minimum Gasteiger partial charge on any atom is -0.497 e. The first-order chi connectivity index (χ1) is 14.5. The van der Waals surface area contributed by atoms with Gasteiger partial charge < -0.3 is 19.7 Å². The highest BCUT2D eigenvalue weighted by atomic mass is 16.5. The molecule has 0 aromatic heterocycles. The number of likely N-dealkylation sites (tertiary alicyclic amines) is 1. The molecule has 3 atom stereocenters. The van der Waals surface area contributed by atoms with Gasteiger partial charge in [0.2, 0.25) is 5.91 Å². The van der Waals surface area contributed by atoms with Gasteiger partial charge in [-0.3, -0.25) is 14.5 Å². The molecule has 4 rings (SSSR count). The first-order valence-electron chi connectivity index (χ1n) is 10.3. The zero-order valence-corrected chi connectivity index (χ0v) is 17.6. The fraction of sp³-hybridized carbons (Fsp3) is 0.391. The van der Waals surface area contributed by atoms with E-state index >= 15 is 0 Å². The molecule has 2 amide bonds. The summed E-state index contributed by atoms with van der Waals surface area (Å²) in [5, 5.41) is 2.85. The maximum Gasteiger partial charge on any atom is 0.285 e. The Hall–Kier alpha value is -3.06. The number of anilines is 2. The topological polar surface area (TPSA) is 72.3 Å². The third-order valence-electron chi connectivity index (χ3n) is 6.19. The summed E-state index contributed by atoms with van der Waals surface area (Å²) in [6, 6.07) is 13.2. The van der Waals surface area contributed by atoms with Crippen molar-refractivity contribution in [2.24, 2.45) is 0 Å². The van der Waals surface area contributed by atoms with Crippen molar-refractivity contribution in [2.75, 3.05) is 37.5 Å². The average Bonchev–Trinajstić information content (AvgIpc) is 3.26. The van der Waals surface area contributed by atoms with Gasteiger partial charge in [0.25, 0.3) is 5.91 Å². The van der Waals surface area contributed by atoms with Crippen LogP contribution in [0.15, 0.2) is 42.5 Å². The molecule has 0 radical (unpaired) electrons. The van der Waals surface area contributed by atoms with Gasteiger partial charge in [0.05, 0.1) is 37.7 Å². The van der Waals surface area contributed by atoms with Gasteiger partial charge in [-0.1, -0.05) is 12.1 Å². The Bertz CT molecular complexity index is 961. The van der Waals surface area contributed by atoms with E-state index in [4.69, 9.17) is 9.47 Å². The van der Waals surface area contributed by atoms with Crippen molar-refractivity contribution in [2.45, 2.75) is 31.8 Å². The number of carbonyl (C=O) groups excluding carboxylic acids is 2. The standard InChI is InChI=1S/C23H27N3O4/c1-15(23(28)26-14-22(27)24-18-7-4-5-8-20(18)26)25-12-6-9-19(25)17-11-10-16(29-2)13-21(17)30-3/h4-5,7-8,10-11,13,15,19H,6,9,12,14H2,1-3H3,(H,24,27)/p+1/t15-,19+/m0/s1. The van der Waals surface area contributed by atoms with Crippen molar-refractivity contribution in [3.05, 3.63) is 48.0 Å². The lowest BCUT2D eigenvalue weighted by Crippen LogP contribution is -3.15. The Morgan fingerprint density at radius 3 is 2.77 bits per heavy atom. The first kappa shape index (κ1) is 20.2. The SMILES string of the molecule is COc1ccc([C@H]2CCC[NH+]2[C@@H](C)C(=O)N2CC(=O)Nc3ccccc32)c(OC)c1. The van der Waals surface area contributed by atoms with Crippen molar-refractivity contribution in [3.8, 4) is 11.5 Å². The van der Waals surface area contributed by atoms with Gasteiger partial charge in [0.1, 0.15) is 24.1 Å². The summed E-state index contributed by atoms with van der Waals surface area (Å²) in [5.41, 5.74) is 2.52. The molecule has 2 heterocycles. The molecule has 0 aliphatic carbocycles. The van der Waals surface area contributed by atoms with Crippen molar-refractivity contribution >= 4 is 23.2 Å². The summed E-state index contributed by atoms with van der Waals surface area (Å²) < 4.78 is 10.9. The van der Waals surface area contributed by atoms with E-state index in [-0.39, 0.29) is 30.4 Å². The van der Waals surface area contributed by atoms with Crippen LogP contribution in [-0.4, -0.2) is 45.2 Å². The first-order valence-corrected chi connectivity index (χ1v) is 10.3. The molecule has 30 heavy (non-hydrogen) atoms. The molecule has 0 bridgehead atoms. The molecule has 7 nitrogen and oxygen atoms in total. The van der Waals surface area contributed by atoms with Crippen molar-refractivity contribution in [3.63, 3.8) is 0 Å². The lowest BCUT2D eigenvalue weighted by molar-refractivity contribution is -0.932. The molecule has 2 aliphatic heterocycles. The van der Waals surface area contributed by atoms with Gasteiger partial charge in [-0.2, -0.15) is 0 Å². The molecule has 2 aliphatic rings. The highest BCUT2D eigenvalue weighted by molar-refractivity contribution is 6.10. The third-order valence-corrected chi connectivity index (χ3v) is 6.19. The Kier molecular flexibility index (Phi) is 5.63. The number of nitrogens with zero attached hydrogens (tertiary/aromatic N) is 1. The molecule has 158 valence electrons. The van der Waals surface area contributed by atoms with Crippen LogP contribution in [0.25, 0.3) is 0 Å². The fourth-order valence-electron chi connectivity index (χ4n) is 4.67. The van der Waals surface area contributed by atoms with Gasteiger partial charge in [-0.15, -0.1) is 0 Å². The zero-order chi connectivity index (χ0) is 21.3. The maximum absolute atomic E-state index is 13.5. The second-order valence-electron chi connectivity index (χ2n) is 7.84. The summed E-state index contributed by atoms with van der Waals surface area (Å²) in [5.74, 6) is 1.32. The fourth-order valence-corrected chi connectivity index (χ4v) is 4.67. The number of hydrogen-bond donors (Lipinski definition) is 2. The van der Waals surface area contributed by atoms with E-state index in [1.54, 1.807) is 19.1 Å². The number of ether oxygens (including phenoxy) is 2. The van der Waals surface area contributed by atoms with E-state index < -0.39 is 0 Å². The Balaban J connectivity index is 1.61. The molecule has 1 saturated heterocycles. The molecule has 2 N–H and O–H groups in total. The molecular weight excluding hydrogens is 382 g/mol. The molecule has 7 heteroatoms. The number of nitrogens with one attached hydrogen (secondary N) is 2. The van der Waals surface area contributed by atoms with E-state index in [2.05, 4.69) is 5.32 Å². The lowest BCUT2D eigenvalue weighted by Gasteiger charge is -2.34. The number of carbonyl (C=O) groups is 2. The minimum absolute atomic E-state index is 0.0355. The van der Waals surface area contributed by atoms with Crippen LogP contribution in [-0.2, 0) is 9.59 Å². The maximum atomic E-state index is 13.5. The van der Waals surface area contributed by atoms with Gasteiger partial charge >= 0.3 is 0 Å². The number of para-hydroxylation sites is 2. The molecule has 2 aromatic carbocycles. The predicted octanol–water partition coefficient (Wildman–Crippen LogP) is 1.80. The van der Waals surface area contributed by atoms with Gasteiger partial charge in [0.15, 0.2) is 6.04 Å². The van der Waals surface area contributed by atoms with Crippen LogP contribution in [0, 0.1) is 0 Å². The molecule has 2 aromatic rings. The van der Waals surface area contributed by atoms with E-state index in [1.807, 2.05) is 49.4 Å². The van der Waals surface area contributed by atoms with Gasteiger partial charge in [0, 0.05) is 18.9 Å². The van der Waals surface area contributed by atoms with Crippen molar-refractivity contribution in [1.29, 1.82) is 0 Å². The summed E-state index contributed by atoms with van der Waals surface area (Å²) in [7, 11) is 3.29. The Morgan fingerprint density at radius 2 is 2.00 bits per heavy atom. The van der Waals surface area contributed by atoms with Crippen LogP contribution in [0.3, 0.4) is 0 Å². The number of rotatable bonds is 5. The number of hydrogen-bond acceptors (Lipinski definition) is 4. The predicted molar refractivity (Wildman–Crippen MR) is 114 cm³/mol. The van der Waals surface area contributed by atoms with E-state index in [0.717, 1.165) is 42.1 Å². The minimum atomic E-state index is -0.289. The molecule has 1 fully saturated rings. The number of fused-ring (bicyclic) bond motifs is 1. The number of quaternary nitrogens is 1. The van der Waals surface area contributed by atoms with Crippen LogP contribution in [0.4, 0.5) is 11.4 Å². The van der Waals surface area contributed by atoms with E-state index in [1.165, 1.54) is 4.90 Å². The quantitative estimate of drug-likeness (QED) is 0.789. The van der Waals surface area contributed by atoms with Crippen LogP contribution in [0.1, 0.15) is 31.4 Å². The summed E-state index contributed by atoms with van der Waals surface area (Å²) in [4.78, 5) is 28.5. The number of benzene rings is 2. The summed E-state index contributed by atoms with van der Waals surface area (Å²) in [6.45, 7) is 2.90. The summed E-state index contributed by atoms with van der Waals surface area (Å²) in [6.07, 6.45) is 2.01.